The van der Waals surface area contributed by atoms with Gasteiger partial charge in [-0.05, 0) is 26.0 Å². The number of hydrogen-bond donors (Lipinski definition) is 1. The molecule has 9 heteroatoms. The summed E-state index contributed by atoms with van der Waals surface area (Å²) in [4.78, 5) is 12.3. The summed E-state index contributed by atoms with van der Waals surface area (Å²) in [7, 11) is 0. The van der Waals surface area contributed by atoms with Crippen molar-refractivity contribution in [3.63, 3.8) is 0 Å². The van der Waals surface area contributed by atoms with Gasteiger partial charge >= 0.3 is 0 Å². The highest BCUT2D eigenvalue weighted by molar-refractivity contribution is 7.97. The van der Waals surface area contributed by atoms with Gasteiger partial charge in [-0.1, -0.05) is 25.8 Å². The lowest BCUT2D eigenvalue weighted by atomic mass is 10.1. The van der Waals surface area contributed by atoms with Gasteiger partial charge in [0.15, 0.2) is 23.2 Å². The number of benzene rings is 1. The van der Waals surface area contributed by atoms with Crippen molar-refractivity contribution in [3.05, 3.63) is 41.2 Å². The van der Waals surface area contributed by atoms with E-state index >= 15 is 0 Å². The van der Waals surface area contributed by atoms with E-state index in [1.165, 1.54) is 12.1 Å². The first-order chi connectivity index (χ1) is 15.8. The molecule has 0 saturated carbocycles. The molecule has 2 aliphatic heterocycles. The molecule has 1 fully saturated rings. The predicted molar refractivity (Wildman–Crippen MR) is 130 cm³/mol. The summed E-state index contributed by atoms with van der Waals surface area (Å²) in [5, 5.41) is 4.02. The standard InChI is InChI=1S/C24H33F2N5OS/c1-15(2)27-23-24(29-20-9-12-31(33-16(3)4)14-21(20)28-23)30-10-7-18(8-11-30)32-22-6-5-17(25)13-19(22)26/h5-6,13,15-16,18H,7-12,14H2,1-4H3,(H,27,28). The van der Waals surface area contributed by atoms with Crippen molar-refractivity contribution < 1.29 is 13.5 Å². The molecule has 0 amide bonds. The highest BCUT2D eigenvalue weighted by Gasteiger charge is 2.28. The van der Waals surface area contributed by atoms with Crippen LogP contribution in [0.1, 0.15) is 51.9 Å². The van der Waals surface area contributed by atoms with Crippen molar-refractivity contribution in [3.8, 4) is 5.75 Å². The van der Waals surface area contributed by atoms with Gasteiger partial charge in [0.25, 0.3) is 0 Å². The Kier molecular flexibility index (Phi) is 7.58. The number of ether oxygens (including phenoxy) is 1. The first-order valence-electron chi connectivity index (χ1n) is 11.7. The molecule has 0 bridgehead atoms. The van der Waals surface area contributed by atoms with Gasteiger partial charge in [0.05, 0.1) is 17.9 Å². The first kappa shape index (κ1) is 24.0. The molecule has 2 aliphatic rings. The van der Waals surface area contributed by atoms with Crippen LogP contribution in [0.5, 0.6) is 5.75 Å². The van der Waals surface area contributed by atoms with E-state index in [2.05, 4.69) is 42.2 Å². The number of anilines is 2. The Morgan fingerprint density at radius 3 is 2.48 bits per heavy atom. The van der Waals surface area contributed by atoms with Crippen LogP contribution in [0, 0.1) is 11.6 Å². The normalized spacial score (nSPS) is 17.5. The SMILES string of the molecule is CC(C)Nc1nc2c(nc1N1CCC(Oc3ccc(F)cc3F)CC1)CCN(SC(C)C)C2. The molecule has 180 valence electrons. The van der Waals surface area contributed by atoms with E-state index < -0.39 is 11.6 Å². The summed E-state index contributed by atoms with van der Waals surface area (Å²) < 4.78 is 35.3. The van der Waals surface area contributed by atoms with Gasteiger partial charge in [0.2, 0.25) is 0 Å². The van der Waals surface area contributed by atoms with Gasteiger partial charge in [-0.3, -0.25) is 0 Å². The van der Waals surface area contributed by atoms with Crippen LogP contribution in [-0.2, 0) is 13.0 Å². The number of nitrogens with one attached hydrogen (secondary N) is 1. The molecule has 3 heterocycles. The molecule has 1 aromatic carbocycles. The maximum Gasteiger partial charge on any atom is 0.172 e. The van der Waals surface area contributed by atoms with E-state index in [1.807, 2.05) is 11.9 Å². The summed E-state index contributed by atoms with van der Waals surface area (Å²) >= 11 is 1.87. The molecule has 6 nitrogen and oxygen atoms in total. The number of rotatable bonds is 7. The van der Waals surface area contributed by atoms with Crippen LogP contribution in [0.15, 0.2) is 18.2 Å². The van der Waals surface area contributed by atoms with E-state index in [1.54, 1.807) is 0 Å². The van der Waals surface area contributed by atoms with Crippen LogP contribution in [0.4, 0.5) is 20.4 Å². The van der Waals surface area contributed by atoms with Crippen LogP contribution in [0.25, 0.3) is 0 Å². The minimum absolute atomic E-state index is 0.106. The lowest BCUT2D eigenvalue weighted by molar-refractivity contribution is 0.163. The van der Waals surface area contributed by atoms with E-state index in [4.69, 9.17) is 14.7 Å². The number of hydrogen-bond acceptors (Lipinski definition) is 7. The fourth-order valence-electron chi connectivity index (χ4n) is 4.21. The summed E-state index contributed by atoms with van der Waals surface area (Å²) in [5.74, 6) is 0.556. The van der Waals surface area contributed by atoms with Crippen molar-refractivity contribution in [1.82, 2.24) is 14.3 Å². The Hall–Kier alpha value is -2.13. The molecule has 1 aromatic heterocycles. The van der Waals surface area contributed by atoms with Gasteiger partial charge in [0, 0.05) is 56.3 Å². The fourth-order valence-corrected chi connectivity index (χ4v) is 5.20. The molecule has 0 unspecified atom stereocenters. The molecule has 2 aromatic rings. The Labute approximate surface area is 199 Å². The van der Waals surface area contributed by atoms with Gasteiger partial charge in [0.1, 0.15) is 11.9 Å². The Morgan fingerprint density at radius 1 is 1.06 bits per heavy atom. The summed E-state index contributed by atoms with van der Waals surface area (Å²) in [6, 6.07) is 3.68. The predicted octanol–water partition coefficient (Wildman–Crippen LogP) is 5.04. The van der Waals surface area contributed by atoms with Crippen LogP contribution in [-0.4, -0.2) is 51.3 Å². The molecule has 1 N–H and O–H groups in total. The number of aromatic nitrogens is 2. The van der Waals surface area contributed by atoms with Crippen LogP contribution >= 0.6 is 11.9 Å². The number of piperidine rings is 1. The zero-order valence-electron chi connectivity index (χ0n) is 19.8. The van der Waals surface area contributed by atoms with E-state index in [-0.39, 0.29) is 17.9 Å². The largest absolute Gasteiger partial charge is 0.487 e. The second kappa shape index (κ2) is 10.4. The zero-order chi connectivity index (χ0) is 23.5. The second-order valence-electron chi connectivity index (χ2n) is 9.23. The van der Waals surface area contributed by atoms with Crippen molar-refractivity contribution >= 4 is 23.6 Å². The maximum atomic E-state index is 14.0. The summed E-state index contributed by atoms with van der Waals surface area (Å²) in [6.07, 6.45) is 2.24. The molecule has 0 radical (unpaired) electrons. The second-order valence-corrected chi connectivity index (χ2v) is 10.9. The lowest BCUT2D eigenvalue weighted by Crippen LogP contribution is -2.40. The third-order valence-corrected chi connectivity index (χ3v) is 6.70. The molecular formula is C24H33F2N5OS. The Morgan fingerprint density at radius 2 is 1.82 bits per heavy atom. The third-order valence-electron chi connectivity index (χ3n) is 5.67. The van der Waals surface area contributed by atoms with E-state index in [0.717, 1.165) is 74.5 Å². The van der Waals surface area contributed by atoms with Gasteiger partial charge in [-0.2, -0.15) is 0 Å². The van der Waals surface area contributed by atoms with Gasteiger partial charge in [-0.15, -0.1) is 0 Å². The average molecular weight is 478 g/mol. The summed E-state index contributed by atoms with van der Waals surface area (Å²) in [5.41, 5.74) is 2.12. The Balaban J connectivity index is 1.47. The minimum atomic E-state index is -0.661. The zero-order valence-corrected chi connectivity index (χ0v) is 20.6. The quantitative estimate of drug-likeness (QED) is 0.561. The number of fused-ring (bicyclic) bond motifs is 1. The van der Waals surface area contributed by atoms with Gasteiger partial charge < -0.3 is 15.0 Å². The molecule has 0 aliphatic carbocycles. The lowest BCUT2D eigenvalue weighted by Gasteiger charge is -2.35. The van der Waals surface area contributed by atoms with Crippen molar-refractivity contribution in [1.29, 1.82) is 0 Å². The fraction of sp³-hybridized carbons (Fsp3) is 0.583. The van der Waals surface area contributed by atoms with Crippen molar-refractivity contribution in [2.24, 2.45) is 0 Å². The minimum Gasteiger partial charge on any atom is -0.487 e. The molecule has 0 spiro atoms. The highest BCUT2D eigenvalue weighted by Crippen LogP contribution is 2.32. The average Bonchev–Trinajstić information content (AvgIpc) is 2.75. The first-order valence-corrected chi connectivity index (χ1v) is 12.6. The van der Waals surface area contributed by atoms with Crippen molar-refractivity contribution in [2.45, 2.75) is 70.9 Å². The smallest absolute Gasteiger partial charge is 0.172 e. The van der Waals surface area contributed by atoms with Crippen molar-refractivity contribution in [2.75, 3.05) is 29.9 Å². The van der Waals surface area contributed by atoms with Crippen LogP contribution < -0.4 is 15.0 Å². The third kappa shape index (κ3) is 6.06. The molecule has 33 heavy (non-hydrogen) atoms. The highest BCUT2D eigenvalue weighted by atomic mass is 32.2. The Bertz CT molecular complexity index is 966. The molecule has 4 rings (SSSR count). The van der Waals surface area contributed by atoms with E-state index in [9.17, 15) is 8.78 Å². The van der Waals surface area contributed by atoms with E-state index in [0.29, 0.717) is 5.25 Å². The monoisotopic (exact) mass is 477 g/mol. The number of halogens is 2. The van der Waals surface area contributed by atoms with Crippen LogP contribution in [0.3, 0.4) is 0 Å². The molecule has 1 saturated heterocycles. The van der Waals surface area contributed by atoms with Crippen LogP contribution in [0.2, 0.25) is 0 Å². The molecular weight excluding hydrogens is 444 g/mol. The topological polar surface area (TPSA) is 53.5 Å². The van der Waals surface area contributed by atoms with Gasteiger partial charge in [-0.25, -0.2) is 23.1 Å². The summed E-state index contributed by atoms with van der Waals surface area (Å²) in [6.45, 7) is 11.9. The number of nitrogens with zero attached hydrogens (tertiary/aromatic N) is 4. The molecule has 0 atom stereocenters. The maximum absolute atomic E-state index is 14.0.